The summed E-state index contributed by atoms with van der Waals surface area (Å²) in [5, 5.41) is 0.559. The summed E-state index contributed by atoms with van der Waals surface area (Å²) >= 11 is 0. The topological polar surface area (TPSA) is 75.5 Å². The first kappa shape index (κ1) is 20.4. The summed E-state index contributed by atoms with van der Waals surface area (Å²) < 4.78 is 1.50. The van der Waals surface area contributed by atoms with Crippen molar-refractivity contribution in [1.29, 1.82) is 0 Å². The molecule has 1 aliphatic heterocycles. The molecule has 2 unspecified atom stereocenters. The third kappa shape index (κ3) is 4.02. The number of fused-ring (bicyclic) bond motifs is 1. The molecule has 3 aromatic rings. The normalized spacial score (nSPS) is 20.4. The van der Waals surface area contributed by atoms with Crippen molar-refractivity contribution in [3.8, 4) is 0 Å². The standard InChI is InChI=1S/C25H26N4O3/c30-23(10-11-29-17-26-22-9-5-4-8-19(22)24(29)31)27-12-14-28(15-13-27)25(32)21-16-20(21)18-6-2-1-3-7-18/h1-9,17,20-21H,10-16H2. The molecular weight excluding hydrogens is 404 g/mol. The zero-order valence-electron chi connectivity index (χ0n) is 17.9. The molecule has 0 spiro atoms. The average Bonchev–Trinajstić information content (AvgIpc) is 3.65. The van der Waals surface area contributed by atoms with Gasteiger partial charge in [0.05, 0.1) is 17.2 Å². The Hall–Kier alpha value is -3.48. The number of amides is 2. The average molecular weight is 431 g/mol. The molecule has 0 bridgehead atoms. The molecule has 1 saturated carbocycles. The molecule has 2 atom stereocenters. The van der Waals surface area contributed by atoms with Crippen LogP contribution in [0.2, 0.25) is 0 Å². The lowest BCUT2D eigenvalue weighted by Crippen LogP contribution is -2.51. The predicted molar refractivity (Wildman–Crippen MR) is 121 cm³/mol. The maximum Gasteiger partial charge on any atom is 0.261 e. The van der Waals surface area contributed by atoms with Crippen LogP contribution in [0.4, 0.5) is 0 Å². The van der Waals surface area contributed by atoms with E-state index in [2.05, 4.69) is 17.1 Å². The van der Waals surface area contributed by atoms with Crippen molar-refractivity contribution in [2.24, 2.45) is 5.92 Å². The summed E-state index contributed by atoms with van der Waals surface area (Å²) in [5.74, 6) is 0.620. The lowest BCUT2D eigenvalue weighted by atomic mass is 10.1. The monoisotopic (exact) mass is 430 g/mol. The van der Waals surface area contributed by atoms with E-state index in [1.165, 1.54) is 16.5 Å². The minimum atomic E-state index is -0.129. The van der Waals surface area contributed by atoms with Gasteiger partial charge in [0.2, 0.25) is 11.8 Å². The van der Waals surface area contributed by atoms with E-state index in [9.17, 15) is 14.4 Å². The molecule has 2 aliphatic rings. The molecule has 1 aliphatic carbocycles. The maximum absolute atomic E-state index is 12.9. The molecule has 7 nitrogen and oxygen atoms in total. The molecular formula is C25H26N4O3. The molecule has 0 radical (unpaired) electrons. The first-order valence-electron chi connectivity index (χ1n) is 11.2. The molecule has 0 N–H and O–H groups in total. The van der Waals surface area contributed by atoms with Gasteiger partial charge in [0.1, 0.15) is 0 Å². The van der Waals surface area contributed by atoms with Crippen molar-refractivity contribution in [3.05, 3.63) is 76.8 Å². The number of hydrogen-bond acceptors (Lipinski definition) is 4. The highest BCUT2D eigenvalue weighted by atomic mass is 16.2. The molecule has 2 aromatic carbocycles. The fraction of sp³-hybridized carbons (Fsp3) is 0.360. The Kier molecular flexibility index (Phi) is 5.47. The number of hydrogen-bond donors (Lipinski definition) is 0. The zero-order valence-corrected chi connectivity index (χ0v) is 17.9. The van der Waals surface area contributed by atoms with Crippen LogP contribution in [0.25, 0.3) is 10.9 Å². The molecule has 2 fully saturated rings. The predicted octanol–water partition coefficient (Wildman–Crippen LogP) is 2.26. The Balaban J connectivity index is 1.12. The van der Waals surface area contributed by atoms with Crippen LogP contribution >= 0.6 is 0 Å². The summed E-state index contributed by atoms with van der Waals surface area (Å²) in [5.41, 5.74) is 1.76. The van der Waals surface area contributed by atoms with Crippen LogP contribution in [0, 0.1) is 5.92 Å². The lowest BCUT2D eigenvalue weighted by Gasteiger charge is -2.35. The number of aromatic nitrogens is 2. The van der Waals surface area contributed by atoms with Gasteiger partial charge in [-0.1, -0.05) is 42.5 Å². The second kappa shape index (κ2) is 8.57. The minimum absolute atomic E-state index is 0.00532. The van der Waals surface area contributed by atoms with E-state index < -0.39 is 0 Å². The Bertz CT molecular complexity index is 1200. The number of para-hydroxylation sites is 1. The van der Waals surface area contributed by atoms with Gasteiger partial charge in [0.25, 0.3) is 5.56 Å². The smallest absolute Gasteiger partial charge is 0.261 e. The van der Waals surface area contributed by atoms with Crippen molar-refractivity contribution in [1.82, 2.24) is 19.4 Å². The first-order chi connectivity index (χ1) is 15.6. The van der Waals surface area contributed by atoms with Gasteiger partial charge in [-0.05, 0) is 30.0 Å². The zero-order chi connectivity index (χ0) is 22.1. The van der Waals surface area contributed by atoms with Gasteiger partial charge in [-0.2, -0.15) is 0 Å². The SMILES string of the molecule is O=C(CCn1cnc2ccccc2c1=O)N1CCN(C(=O)C2CC2c2ccccc2)CC1. The fourth-order valence-electron chi connectivity index (χ4n) is 4.59. The lowest BCUT2D eigenvalue weighted by molar-refractivity contribution is -0.140. The van der Waals surface area contributed by atoms with Crippen molar-refractivity contribution in [2.45, 2.75) is 25.3 Å². The summed E-state index contributed by atoms with van der Waals surface area (Å²) in [4.78, 5) is 46.1. The number of benzene rings is 2. The van der Waals surface area contributed by atoms with E-state index in [0.717, 1.165) is 6.42 Å². The first-order valence-corrected chi connectivity index (χ1v) is 11.2. The van der Waals surface area contributed by atoms with Crippen molar-refractivity contribution in [2.75, 3.05) is 26.2 Å². The van der Waals surface area contributed by atoms with Gasteiger partial charge >= 0.3 is 0 Å². The minimum Gasteiger partial charge on any atom is -0.339 e. The largest absolute Gasteiger partial charge is 0.339 e. The molecule has 5 rings (SSSR count). The summed E-state index contributed by atoms with van der Waals surface area (Å²) in [6.07, 6.45) is 2.66. The van der Waals surface area contributed by atoms with Crippen molar-refractivity contribution < 1.29 is 9.59 Å². The van der Waals surface area contributed by atoms with Crippen LogP contribution in [0.15, 0.2) is 65.7 Å². The quantitative estimate of drug-likeness (QED) is 0.622. The van der Waals surface area contributed by atoms with Gasteiger partial charge in [-0.25, -0.2) is 4.98 Å². The van der Waals surface area contributed by atoms with Gasteiger partial charge in [-0.3, -0.25) is 19.0 Å². The molecule has 2 amide bonds. The third-order valence-electron chi connectivity index (χ3n) is 6.58. The third-order valence-corrected chi connectivity index (χ3v) is 6.58. The van der Waals surface area contributed by atoms with E-state index in [1.54, 1.807) is 17.0 Å². The van der Waals surface area contributed by atoms with Crippen LogP contribution < -0.4 is 5.56 Å². The van der Waals surface area contributed by atoms with Crippen LogP contribution in [-0.4, -0.2) is 57.3 Å². The molecule has 1 saturated heterocycles. The van der Waals surface area contributed by atoms with Gasteiger partial charge in [0.15, 0.2) is 0 Å². The number of piperazine rings is 1. The fourth-order valence-corrected chi connectivity index (χ4v) is 4.59. The number of carbonyl (C=O) groups excluding carboxylic acids is 2. The highest BCUT2D eigenvalue weighted by Crippen LogP contribution is 2.48. The number of nitrogens with zero attached hydrogens (tertiary/aromatic N) is 4. The van der Waals surface area contributed by atoms with Crippen LogP contribution in [-0.2, 0) is 16.1 Å². The van der Waals surface area contributed by atoms with Crippen LogP contribution in [0.1, 0.15) is 24.3 Å². The number of aryl methyl sites for hydroxylation is 1. The van der Waals surface area contributed by atoms with E-state index >= 15 is 0 Å². The molecule has 32 heavy (non-hydrogen) atoms. The molecule has 164 valence electrons. The number of rotatable bonds is 5. The highest BCUT2D eigenvalue weighted by Gasteiger charge is 2.46. The van der Waals surface area contributed by atoms with E-state index in [4.69, 9.17) is 0 Å². The van der Waals surface area contributed by atoms with Crippen molar-refractivity contribution in [3.63, 3.8) is 0 Å². The van der Waals surface area contributed by atoms with E-state index in [0.29, 0.717) is 49.5 Å². The van der Waals surface area contributed by atoms with Gasteiger partial charge in [0, 0.05) is 45.1 Å². The summed E-state index contributed by atoms with van der Waals surface area (Å²) in [7, 11) is 0. The van der Waals surface area contributed by atoms with Crippen molar-refractivity contribution >= 4 is 22.7 Å². The van der Waals surface area contributed by atoms with E-state index in [1.807, 2.05) is 35.2 Å². The Morgan fingerprint density at radius 1 is 0.906 bits per heavy atom. The summed E-state index contributed by atoms with van der Waals surface area (Å²) in [6, 6.07) is 17.4. The Morgan fingerprint density at radius 3 is 2.38 bits per heavy atom. The highest BCUT2D eigenvalue weighted by molar-refractivity contribution is 5.83. The molecule has 2 heterocycles. The summed E-state index contributed by atoms with van der Waals surface area (Å²) in [6.45, 7) is 2.52. The van der Waals surface area contributed by atoms with Crippen LogP contribution in [0.3, 0.4) is 0 Å². The molecule has 1 aromatic heterocycles. The second-order valence-electron chi connectivity index (χ2n) is 8.58. The van der Waals surface area contributed by atoms with Crippen LogP contribution in [0.5, 0.6) is 0 Å². The Morgan fingerprint density at radius 2 is 1.59 bits per heavy atom. The van der Waals surface area contributed by atoms with Gasteiger partial charge in [-0.15, -0.1) is 0 Å². The maximum atomic E-state index is 12.9. The van der Waals surface area contributed by atoms with E-state index in [-0.39, 0.29) is 29.7 Å². The van der Waals surface area contributed by atoms with Gasteiger partial charge < -0.3 is 9.80 Å². The molecule has 7 heteroatoms. The second-order valence-corrected chi connectivity index (χ2v) is 8.58. The number of carbonyl (C=O) groups is 2. The Labute approximate surface area is 186 Å².